The maximum atomic E-state index is 4.20. The van der Waals surface area contributed by atoms with E-state index in [0.29, 0.717) is 0 Å². The van der Waals surface area contributed by atoms with Crippen molar-refractivity contribution in [2.45, 2.75) is 19.4 Å². The van der Waals surface area contributed by atoms with E-state index in [-0.39, 0.29) is 0 Å². The van der Waals surface area contributed by atoms with Crippen molar-refractivity contribution in [2.24, 2.45) is 5.92 Å². The normalized spacial score (nSPS) is 20.8. The molecular formula is C13H20BrN3. The average molecular weight is 298 g/mol. The van der Waals surface area contributed by atoms with E-state index >= 15 is 0 Å². The van der Waals surface area contributed by atoms with E-state index in [1.54, 1.807) is 0 Å². The average Bonchev–Trinajstić information content (AvgIpc) is 2.30. The monoisotopic (exact) mass is 297 g/mol. The third-order valence-electron chi connectivity index (χ3n) is 3.18. The van der Waals surface area contributed by atoms with E-state index < -0.39 is 0 Å². The van der Waals surface area contributed by atoms with Crippen molar-refractivity contribution < 1.29 is 0 Å². The number of hydrogen-bond acceptors (Lipinski definition) is 3. The lowest BCUT2D eigenvalue weighted by atomic mass is 9.99. The van der Waals surface area contributed by atoms with Gasteiger partial charge in [0.2, 0.25) is 0 Å². The van der Waals surface area contributed by atoms with E-state index in [9.17, 15) is 0 Å². The Hall–Kier alpha value is -0.450. The molecule has 17 heavy (non-hydrogen) atoms. The summed E-state index contributed by atoms with van der Waals surface area (Å²) in [7, 11) is 2.19. The first-order valence-electron chi connectivity index (χ1n) is 6.23. The van der Waals surface area contributed by atoms with Gasteiger partial charge in [0.05, 0.1) is 0 Å². The Labute approximate surface area is 112 Å². The van der Waals surface area contributed by atoms with E-state index in [0.717, 1.165) is 16.9 Å². The maximum Gasteiger partial charge on any atom is 0.0410 e. The number of halogens is 1. The molecule has 0 radical (unpaired) electrons. The molecule has 94 valence electrons. The molecule has 1 unspecified atom stereocenters. The van der Waals surface area contributed by atoms with E-state index in [4.69, 9.17) is 0 Å². The zero-order valence-corrected chi connectivity index (χ0v) is 11.9. The van der Waals surface area contributed by atoms with Crippen LogP contribution in [-0.2, 0) is 6.54 Å². The van der Waals surface area contributed by atoms with Gasteiger partial charge in [0.15, 0.2) is 0 Å². The van der Waals surface area contributed by atoms with Gasteiger partial charge in [-0.1, -0.05) is 0 Å². The number of pyridine rings is 1. The van der Waals surface area contributed by atoms with Gasteiger partial charge in [-0.25, -0.2) is 0 Å². The van der Waals surface area contributed by atoms with Crippen LogP contribution in [0.1, 0.15) is 18.4 Å². The van der Waals surface area contributed by atoms with Crippen LogP contribution in [0, 0.1) is 5.92 Å². The minimum atomic E-state index is 0.800. The van der Waals surface area contributed by atoms with Gasteiger partial charge in [-0.2, -0.15) is 0 Å². The van der Waals surface area contributed by atoms with Crippen LogP contribution in [0.25, 0.3) is 0 Å². The summed E-state index contributed by atoms with van der Waals surface area (Å²) < 4.78 is 1.06. The van der Waals surface area contributed by atoms with E-state index in [1.165, 1.54) is 38.0 Å². The second-order valence-electron chi connectivity index (χ2n) is 4.92. The fourth-order valence-corrected chi connectivity index (χ4v) is 2.85. The highest BCUT2D eigenvalue weighted by Crippen LogP contribution is 2.14. The summed E-state index contributed by atoms with van der Waals surface area (Å²) in [5.41, 5.74) is 1.27. The molecule has 1 aliphatic heterocycles. The molecule has 0 spiro atoms. The number of hydrogen-bond donors (Lipinski definition) is 1. The lowest BCUT2D eigenvalue weighted by Gasteiger charge is -2.27. The highest BCUT2D eigenvalue weighted by molar-refractivity contribution is 9.10. The molecule has 0 bridgehead atoms. The van der Waals surface area contributed by atoms with E-state index in [1.807, 2.05) is 12.4 Å². The minimum Gasteiger partial charge on any atom is -0.316 e. The van der Waals surface area contributed by atoms with Gasteiger partial charge in [-0.3, -0.25) is 4.98 Å². The van der Waals surface area contributed by atoms with Crippen LogP contribution in [0.4, 0.5) is 0 Å². The van der Waals surface area contributed by atoms with Crippen LogP contribution in [0.15, 0.2) is 22.9 Å². The first kappa shape index (κ1) is 13.0. The van der Waals surface area contributed by atoms with Gasteiger partial charge in [0, 0.05) is 30.0 Å². The Morgan fingerprint density at radius 3 is 3.12 bits per heavy atom. The third-order valence-corrected chi connectivity index (χ3v) is 3.62. The molecule has 2 heterocycles. The van der Waals surface area contributed by atoms with Gasteiger partial charge >= 0.3 is 0 Å². The van der Waals surface area contributed by atoms with E-state index in [2.05, 4.69) is 44.2 Å². The van der Waals surface area contributed by atoms with Crippen LogP contribution < -0.4 is 5.32 Å². The summed E-state index contributed by atoms with van der Waals surface area (Å²) in [6, 6.07) is 2.14. The van der Waals surface area contributed by atoms with Crippen LogP contribution >= 0.6 is 15.9 Å². The first-order valence-corrected chi connectivity index (χ1v) is 7.02. The molecule has 0 saturated carbocycles. The molecule has 4 heteroatoms. The van der Waals surface area contributed by atoms with Crippen LogP contribution in [-0.4, -0.2) is 36.6 Å². The summed E-state index contributed by atoms with van der Waals surface area (Å²) in [6.07, 6.45) is 6.44. The fraction of sp³-hybridized carbons (Fsp3) is 0.615. The molecule has 0 aliphatic carbocycles. The van der Waals surface area contributed by atoms with Gasteiger partial charge in [-0.05, 0) is 66.5 Å². The molecule has 1 saturated heterocycles. The Morgan fingerprint density at radius 1 is 1.53 bits per heavy atom. The molecule has 3 nitrogen and oxygen atoms in total. The second kappa shape index (κ2) is 6.47. The maximum absolute atomic E-state index is 4.20. The Bertz CT molecular complexity index is 350. The first-order chi connectivity index (χ1) is 8.24. The summed E-state index contributed by atoms with van der Waals surface area (Å²) >= 11 is 3.46. The Morgan fingerprint density at radius 2 is 2.41 bits per heavy atom. The summed E-state index contributed by atoms with van der Waals surface area (Å²) in [4.78, 5) is 6.59. The number of rotatable bonds is 4. The van der Waals surface area contributed by atoms with Crippen molar-refractivity contribution in [3.63, 3.8) is 0 Å². The summed E-state index contributed by atoms with van der Waals surface area (Å²) in [5, 5.41) is 3.47. The zero-order chi connectivity index (χ0) is 12.1. The predicted molar refractivity (Wildman–Crippen MR) is 73.9 cm³/mol. The molecular weight excluding hydrogens is 278 g/mol. The fourth-order valence-electron chi connectivity index (χ4n) is 2.44. The van der Waals surface area contributed by atoms with Crippen LogP contribution in [0.3, 0.4) is 0 Å². The topological polar surface area (TPSA) is 28.2 Å². The Kier molecular flexibility index (Phi) is 4.95. The Balaban J connectivity index is 1.82. The molecule has 2 rings (SSSR count). The molecule has 0 aromatic carbocycles. The lowest BCUT2D eigenvalue weighted by Crippen LogP contribution is -2.36. The van der Waals surface area contributed by atoms with Crippen molar-refractivity contribution in [1.82, 2.24) is 15.2 Å². The van der Waals surface area contributed by atoms with Crippen molar-refractivity contribution in [1.29, 1.82) is 0 Å². The number of nitrogens with zero attached hydrogens (tertiary/aromatic N) is 2. The molecule has 1 aromatic rings. The smallest absolute Gasteiger partial charge is 0.0410 e. The van der Waals surface area contributed by atoms with Crippen molar-refractivity contribution in [3.8, 4) is 0 Å². The molecule has 1 aliphatic rings. The largest absolute Gasteiger partial charge is 0.316 e. The summed E-state index contributed by atoms with van der Waals surface area (Å²) in [5.74, 6) is 0.800. The van der Waals surface area contributed by atoms with Crippen LogP contribution in [0.2, 0.25) is 0 Å². The van der Waals surface area contributed by atoms with Gasteiger partial charge in [-0.15, -0.1) is 0 Å². The van der Waals surface area contributed by atoms with Crippen molar-refractivity contribution in [3.05, 3.63) is 28.5 Å². The molecule has 1 atom stereocenters. The molecule has 1 N–H and O–H groups in total. The standard InChI is InChI=1S/C13H20BrN3/c1-17(9-11-3-2-4-15-6-11)10-12-5-13(14)8-16-7-12/h5,7-8,11,15H,2-4,6,9-10H2,1H3. The molecule has 0 amide bonds. The lowest BCUT2D eigenvalue weighted by molar-refractivity contribution is 0.237. The molecule has 1 fully saturated rings. The van der Waals surface area contributed by atoms with Gasteiger partial charge < -0.3 is 10.2 Å². The number of piperidine rings is 1. The van der Waals surface area contributed by atoms with Crippen LogP contribution in [0.5, 0.6) is 0 Å². The number of nitrogens with one attached hydrogen (secondary N) is 1. The highest BCUT2D eigenvalue weighted by atomic mass is 79.9. The zero-order valence-electron chi connectivity index (χ0n) is 10.3. The van der Waals surface area contributed by atoms with Crippen molar-refractivity contribution >= 4 is 15.9 Å². The summed E-state index contributed by atoms with van der Waals surface area (Å²) in [6.45, 7) is 4.50. The molecule has 1 aromatic heterocycles. The minimum absolute atomic E-state index is 0.800. The quantitative estimate of drug-likeness (QED) is 0.924. The third kappa shape index (κ3) is 4.37. The predicted octanol–water partition coefficient (Wildman–Crippen LogP) is 2.28. The number of aromatic nitrogens is 1. The van der Waals surface area contributed by atoms with Gasteiger partial charge in [0.25, 0.3) is 0 Å². The van der Waals surface area contributed by atoms with Crippen molar-refractivity contribution in [2.75, 3.05) is 26.7 Å². The highest BCUT2D eigenvalue weighted by Gasteiger charge is 2.14. The second-order valence-corrected chi connectivity index (χ2v) is 5.84. The SMILES string of the molecule is CN(Cc1cncc(Br)c1)CC1CCCNC1. The van der Waals surface area contributed by atoms with Gasteiger partial charge in [0.1, 0.15) is 0 Å².